The number of hydrogen-bond acceptors (Lipinski definition) is 10. The van der Waals surface area contributed by atoms with Crippen LogP contribution in [0.4, 0.5) is 0 Å². The van der Waals surface area contributed by atoms with E-state index in [0.717, 1.165) is 20.8 Å². The van der Waals surface area contributed by atoms with Crippen LogP contribution in [-0.4, -0.2) is 68.3 Å². The highest BCUT2D eigenvalue weighted by molar-refractivity contribution is 5.68. The number of carbonyl (C=O) groups is 4. The molecule has 150 valence electrons. The van der Waals surface area contributed by atoms with E-state index in [0.29, 0.717) is 0 Å². The Bertz CT molecular complexity index is 517. The smallest absolute Gasteiger partial charge is 0.303 e. The topological polar surface area (TPSA) is 124 Å². The molecule has 0 spiro atoms. The first-order chi connectivity index (χ1) is 11.6. The zero-order chi connectivity index (χ0) is 19.1. The Morgan fingerprint density at radius 1 is 0.769 bits per heavy atom. The van der Waals surface area contributed by atoms with Gasteiger partial charge in [-0.1, -0.05) is 7.43 Å². The van der Waals surface area contributed by atoms with Crippen LogP contribution in [0.5, 0.6) is 0 Å². The van der Waals surface area contributed by atoms with Gasteiger partial charge in [-0.25, -0.2) is 0 Å². The predicted octanol–water partition coefficient (Wildman–Crippen LogP) is 0.352. The zero-order valence-corrected chi connectivity index (χ0v) is 14.7. The average molecular weight is 378 g/mol. The van der Waals surface area contributed by atoms with E-state index in [4.69, 9.17) is 28.4 Å². The molecule has 0 aromatic rings. The van der Waals surface area contributed by atoms with Gasteiger partial charge in [-0.15, -0.1) is 0 Å². The van der Waals surface area contributed by atoms with E-state index in [9.17, 15) is 19.2 Å². The molecule has 26 heavy (non-hydrogen) atoms. The molecule has 0 amide bonds. The number of methoxy groups -OCH3 is 1. The second-order valence-electron chi connectivity index (χ2n) is 5.30. The van der Waals surface area contributed by atoms with Crippen LogP contribution in [0, 0.1) is 0 Å². The molecular weight excluding hydrogens is 352 g/mol. The second kappa shape index (κ2) is 10.7. The Labute approximate surface area is 152 Å². The van der Waals surface area contributed by atoms with Gasteiger partial charge >= 0.3 is 23.9 Å². The molecule has 1 rings (SSSR count). The van der Waals surface area contributed by atoms with Crippen LogP contribution < -0.4 is 0 Å². The van der Waals surface area contributed by atoms with Crippen molar-refractivity contribution in [1.82, 2.24) is 0 Å². The van der Waals surface area contributed by atoms with Crippen molar-refractivity contribution in [2.45, 2.75) is 65.8 Å². The van der Waals surface area contributed by atoms with E-state index in [1.807, 2.05) is 0 Å². The first kappa shape index (κ1) is 23.8. The van der Waals surface area contributed by atoms with Crippen molar-refractivity contribution < 1.29 is 47.6 Å². The fourth-order valence-electron chi connectivity index (χ4n) is 2.38. The van der Waals surface area contributed by atoms with E-state index < -0.39 is 54.6 Å². The monoisotopic (exact) mass is 378 g/mol. The molecule has 1 saturated heterocycles. The predicted molar refractivity (Wildman–Crippen MR) is 85.7 cm³/mol. The molecule has 5 unspecified atom stereocenters. The highest BCUT2D eigenvalue weighted by Crippen LogP contribution is 2.29. The molecule has 1 aliphatic heterocycles. The normalized spacial score (nSPS) is 27.5. The largest absolute Gasteiger partial charge is 0.463 e. The van der Waals surface area contributed by atoms with Crippen LogP contribution in [0.3, 0.4) is 0 Å². The number of rotatable bonds is 6. The van der Waals surface area contributed by atoms with Gasteiger partial charge in [-0.2, -0.15) is 0 Å². The molecule has 0 aliphatic carbocycles. The zero-order valence-electron chi connectivity index (χ0n) is 14.7. The molecule has 1 heterocycles. The van der Waals surface area contributed by atoms with Crippen molar-refractivity contribution in [2.75, 3.05) is 13.7 Å². The Kier molecular flexibility index (Phi) is 9.81. The van der Waals surface area contributed by atoms with Gasteiger partial charge in [-0.05, 0) is 0 Å². The Balaban J connectivity index is 0.00000625. The number of ether oxygens (including phenoxy) is 6. The molecule has 0 aromatic carbocycles. The van der Waals surface area contributed by atoms with Crippen molar-refractivity contribution in [1.29, 1.82) is 0 Å². The number of hydrogen-bond donors (Lipinski definition) is 0. The first-order valence-corrected chi connectivity index (χ1v) is 7.49. The standard InChI is InChI=1S/C15H22O10.CH4/c1-7(16)21-6-11-12(22-8(2)17)13(23-9(3)18)14(24-10(4)19)15(20-5)25-11;/h11-15H,6H2,1-5H3;1H4. The Morgan fingerprint density at radius 2 is 1.23 bits per heavy atom. The minimum Gasteiger partial charge on any atom is -0.463 e. The molecular formula is C16H26O10. The summed E-state index contributed by atoms with van der Waals surface area (Å²) < 4.78 is 31.1. The van der Waals surface area contributed by atoms with E-state index >= 15 is 0 Å². The highest BCUT2D eigenvalue weighted by Gasteiger charge is 2.52. The lowest BCUT2D eigenvalue weighted by atomic mass is 9.98. The molecule has 0 radical (unpaired) electrons. The molecule has 10 nitrogen and oxygen atoms in total. The fourth-order valence-corrected chi connectivity index (χ4v) is 2.38. The third-order valence-electron chi connectivity index (χ3n) is 3.18. The van der Waals surface area contributed by atoms with Crippen LogP contribution in [0.15, 0.2) is 0 Å². The minimum absolute atomic E-state index is 0. The SMILES string of the molecule is C.COC1OC(COC(C)=O)C(OC(C)=O)C(OC(C)=O)C1OC(C)=O. The van der Waals surface area contributed by atoms with Crippen LogP contribution in [0.1, 0.15) is 35.1 Å². The second-order valence-corrected chi connectivity index (χ2v) is 5.30. The van der Waals surface area contributed by atoms with Gasteiger partial charge in [0, 0.05) is 34.8 Å². The minimum atomic E-state index is -1.20. The Hall–Kier alpha value is -2.20. The number of carbonyl (C=O) groups excluding carboxylic acids is 4. The van der Waals surface area contributed by atoms with E-state index in [2.05, 4.69) is 0 Å². The van der Waals surface area contributed by atoms with E-state index in [1.54, 1.807) is 0 Å². The summed E-state index contributed by atoms with van der Waals surface area (Å²) in [5.41, 5.74) is 0. The van der Waals surface area contributed by atoms with Crippen molar-refractivity contribution in [3.63, 3.8) is 0 Å². The fraction of sp³-hybridized carbons (Fsp3) is 0.750. The molecule has 1 fully saturated rings. The van der Waals surface area contributed by atoms with Gasteiger partial charge in [0.25, 0.3) is 0 Å². The summed E-state index contributed by atoms with van der Waals surface area (Å²) in [4.78, 5) is 45.4. The molecule has 0 saturated carbocycles. The summed E-state index contributed by atoms with van der Waals surface area (Å²) in [6, 6.07) is 0. The maximum atomic E-state index is 11.5. The first-order valence-electron chi connectivity index (χ1n) is 7.49. The molecule has 5 atom stereocenters. The lowest BCUT2D eigenvalue weighted by molar-refractivity contribution is -0.302. The summed E-state index contributed by atoms with van der Waals surface area (Å²) in [5.74, 6) is -2.63. The quantitative estimate of drug-likeness (QED) is 0.472. The van der Waals surface area contributed by atoms with Crippen LogP contribution in [0.2, 0.25) is 0 Å². The highest BCUT2D eigenvalue weighted by atomic mass is 16.7. The van der Waals surface area contributed by atoms with Crippen molar-refractivity contribution in [2.24, 2.45) is 0 Å². The van der Waals surface area contributed by atoms with Crippen LogP contribution in [0.25, 0.3) is 0 Å². The van der Waals surface area contributed by atoms with Crippen LogP contribution in [-0.2, 0) is 47.6 Å². The molecule has 0 bridgehead atoms. The van der Waals surface area contributed by atoms with Gasteiger partial charge in [0.05, 0.1) is 0 Å². The van der Waals surface area contributed by atoms with Gasteiger partial charge < -0.3 is 28.4 Å². The molecule has 1 aliphatic rings. The number of esters is 4. The summed E-state index contributed by atoms with van der Waals surface area (Å²) in [6.07, 6.45) is -5.67. The van der Waals surface area contributed by atoms with E-state index in [-0.39, 0.29) is 14.0 Å². The van der Waals surface area contributed by atoms with Gasteiger partial charge in [0.1, 0.15) is 12.7 Å². The summed E-state index contributed by atoms with van der Waals surface area (Å²) in [6.45, 7) is 4.37. The van der Waals surface area contributed by atoms with Gasteiger partial charge in [0.15, 0.2) is 24.6 Å². The summed E-state index contributed by atoms with van der Waals surface area (Å²) in [7, 11) is 1.29. The van der Waals surface area contributed by atoms with Crippen molar-refractivity contribution in [3.05, 3.63) is 0 Å². The maximum absolute atomic E-state index is 11.5. The lowest BCUT2D eigenvalue weighted by Crippen LogP contribution is -2.62. The Morgan fingerprint density at radius 3 is 1.65 bits per heavy atom. The van der Waals surface area contributed by atoms with Gasteiger partial charge in [0.2, 0.25) is 0 Å². The average Bonchev–Trinajstić information content (AvgIpc) is 2.48. The molecule has 10 heteroatoms. The third-order valence-corrected chi connectivity index (χ3v) is 3.18. The lowest BCUT2D eigenvalue weighted by Gasteiger charge is -2.43. The summed E-state index contributed by atoms with van der Waals surface area (Å²) in [5, 5.41) is 0. The van der Waals surface area contributed by atoms with Crippen molar-refractivity contribution >= 4 is 23.9 Å². The molecule has 0 aromatic heterocycles. The van der Waals surface area contributed by atoms with E-state index in [1.165, 1.54) is 14.0 Å². The van der Waals surface area contributed by atoms with Crippen molar-refractivity contribution in [3.8, 4) is 0 Å². The van der Waals surface area contributed by atoms with Gasteiger partial charge in [-0.3, -0.25) is 19.2 Å². The molecule has 0 N–H and O–H groups in total. The summed E-state index contributed by atoms with van der Waals surface area (Å²) >= 11 is 0. The third kappa shape index (κ3) is 6.96. The maximum Gasteiger partial charge on any atom is 0.303 e. The van der Waals surface area contributed by atoms with Crippen LogP contribution >= 0.6 is 0 Å².